The normalized spacial score (nSPS) is 15.8. The maximum absolute atomic E-state index is 12.8. The molecule has 0 spiro atoms. The molecule has 2 aromatic rings. The van der Waals surface area contributed by atoms with Crippen LogP contribution in [-0.4, -0.2) is 11.9 Å². The van der Waals surface area contributed by atoms with E-state index in [4.69, 9.17) is 5.73 Å². The first kappa shape index (κ1) is 18.0. The highest BCUT2D eigenvalue weighted by Gasteiger charge is 2.26. The highest BCUT2D eigenvalue weighted by molar-refractivity contribution is 5.95. The van der Waals surface area contributed by atoms with Crippen molar-refractivity contribution in [3.8, 4) is 0 Å². The van der Waals surface area contributed by atoms with Gasteiger partial charge in [-0.1, -0.05) is 49.6 Å². The molecule has 1 aliphatic rings. The van der Waals surface area contributed by atoms with Crippen LogP contribution >= 0.6 is 0 Å². The van der Waals surface area contributed by atoms with Crippen molar-refractivity contribution in [3.63, 3.8) is 0 Å². The van der Waals surface area contributed by atoms with Crippen molar-refractivity contribution in [1.82, 2.24) is 5.32 Å². The third kappa shape index (κ3) is 4.63. The van der Waals surface area contributed by atoms with Crippen LogP contribution in [0.2, 0.25) is 0 Å². The molecule has 5 heteroatoms. The smallest absolute Gasteiger partial charge is 0.316 e. The third-order valence-corrected chi connectivity index (χ3v) is 4.98. The first-order chi connectivity index (χ1) is 12.6. The molecule has 0 saturated heterocycles. The monoisotopic (exact) mass is 351 g/mol. The average Bonchev–Trinajstić information content (AvgIpc) is 2.67. The van der Waals surface area contributed by atoms with Crippen LogP contribution in [0.15, 0.2) is 54.6 Å². The Hall–Kier alpha value is -2.82. The number of nitrogens with one attached hydrogen (secondary N) is 2. The predicted octanol–water partition coefficient (Wildman–Crippen LogP) is 4.23. The number of anilines is 1. The molecule has 1 unspecified atom stereocenters. The van der Waals surface area contributed by atoms with Crippen molar-refractivity contribution < 1.29 is 9.59 Å². The van der Waals surface area contributed by atoms with Gasteiger partial charge in [0.15, 0.2) is 0 Å². The maximum Gasteiger partial charge on any atom is 0.316 e. The van der Waals surface area contributed by atoms with Crippen LogP contribution < -0.4 is 16.4 Å². The number of carbonyl (C=O) groups is 2. The summed E-state index contributed by atoms with van der Waals surface area (Å²) < 4.78 is 0. The Morgan fingerprint density at radius 2 is 1.58 bits per heavy atom. The van der Waals surface area contributed by atoms with Gasteiger partial charge in [0.25, 0.3) is 5.91 Å². The molecular formula is C21H25N3O2. The van der Waals surface area contributed by atoms with E-state index < -0.39 is 6.03 Å². The molecule has 0 aromatic heterocycles. The van der Waals surface area contributed by atoms with Gasteiger partial charge in [0.05, 0.1) is 6.04 Å². The molecule has 5 nitrogen and oxygen atoms in total. The Bertz CT molecular complexity index is 738. The zero-order valence-corrected chi connectivity index (χ0v) is 14.8. The van der Waals surface area contributed by atoms with Crippen LogP contribution in [0.25, 0.3) is 0 Å². The van der Waals surface area contributed by atoms with Crippen LogP contribution in [-0.2, 0) is 0 Å². The van der Waals surface area contributed by atoms with Gasteiger partial charge >= 0.3 is 6.03 Å². The minimum Gasteiger partial charge on any atom is -0.351 e. The van der Waals surface area contributed by atoms with E-state index in [2.05, 4.69) is 22.8 Å². The van der Waals surface area contributed by atoms with Crippen molar-refractivity contribution in [3.05, 3.63) is 65.7 Å². The number of nitrogens with two attached hydrogens (primary N) is 1. The standard InChI is InChI=1S/C21H25N3O2/c22-21(26)23-18-13-11-17(12-14-18)20(25)24-19(15-7-3-1-4-8-15)16-9-5-2-6-10-16/h1,3-4,7-8,11-14,16,19H,2,5-6,9-10H2,(H,24,25)(H3,22,23,26). The van der Waals surface area contributed by atoms with Crippen molar-refractivity contribution in [2.45, 2.75) is 38.1 Å². The van der Waals surface area contributed by atoms with Crippen molar-refractivity contribution >= 4 is 17.6 Å². The molecule has 3 amide bonds. The van der Waals surface area contributed by atoms with Crippen LogP contribution in [0.4, 0.5) is 10.5 Å². The molecule has 2 aromatic carbocycles. The fourth-order valence-corrected chi connectivity index (χ4v) is 3.67. The molecule has 1 saturated carbocycles. The van der Waals surface area contributed by atoms with Crippen LogP contribution in [0.5, 0.6) is 0 Å². The highest BCUT2D eigenvalue weighted by atomic mass is 16.2. The molecule has 3 rings (SSSR count). The Kier molecular flexibility index (Phi) is 5.89. The second-order valence-corrected chi connectivity index (χ2v) is 6.83. The second-order valence-electron chi connectivity index (χ2n) is 6.83. The van der Waals surface area contributed by atoms with Gasteiger partial charge in [0.1, 0.15) is 0 Å². The predicted molar refractivity (Wildman–Crippen MR) is 103 cm³/mol. The van der Waals surface area contributed by atoms with Crippen molar-refractivity contribution in [1.29, 1.82) is 0 Å². The van der Waals surface area contributed by atoms with E-state index >= 15 is 0 Å². The number of hydrogen-bond acceptors (Lipinski definition) is 2. The molecule has 1 aliphatic carbocycles. The van der Waals surface area contributed by atoms with E-state index in [0.717, 1.165) is 18.4 Å². The summed E-state index contributed by atoms with van der Waals surface area (Å²) >= 11 is 0. The van der Waals surface area contributed by atoms with E-state index in [1.165, 1.54) is 19.3 Å². The van der Waals surface area contributed by atoms with Crippen LogP contribution in [0.1, 0.15) is 54.1 Å². The lowest BCUT2D eigenvalue weighted by Crippen LogP contribution is -2.34. The summed E-state index contributed by atoms with van der Waals surface area (Å²) in [6, 6.07) is 16.3. The number of benzene rings is 2. The zero-order chi connectivity index (χ0) is 18.4. The maximum atomic E-state index is 12.8. The number of rotatable bonds is 5. The van der Waals surface area contributed by atoms with Gasteiger partial charge in [-0.25, -0.2) is 4.79 Å². The quantitative estimate of drug-likeness (QED) is 0.753. The Labute approximate surface area is 154 Å². The summed E-state index contributed by atoms with van der Waals surface area (Å²) in [6.07, 6.45) is 6.00. The number of carbonyl (C=O) groups excluding carboxylic acids is 2. The summed E-state index contributed by atoms with van der Waals surface area (Å²) in [7, 11) is 0. The van der Waals surface area contributed by atoms with Gasteiger partial charge in [-0.3, -0.25) is 4.79 Å². The van der Waals surface area contributed by atoms with E-state index in [0.29, 0.717) is 17.2 Å². The molecule has 1 fully saturated rings. The van der Waals surface area contributed by atoms with Gasteiger partial charge in [-0.2, -0.15) is 0 Å². The van der Waals surface area contributed by atoms with E-state index in [1.54, 1.807) is 24.3 Å². The lowest BCUT2D eigenvalue weighted by Gasteiger charge is -2.31. The average molecular weight is 351 g/mol. The molecular weight excluding hydrogens is 326 g/mol. The van der Waals surface area contributed by atoms with Gasteiger partial charge in [-0.15, -0.1) is 0 Å². The highest BCUT2D eigenvalue weighted by Crippen LogP contribution is 2.34. The number of amides is 3. The van der Waals surface area contributed by atoms with Crippen LogP contribution in [0, 0.1) is 5.92 Å². The van der Waals surface area contributed by atoms with Gasteiger partial charge in [-0.05, 0) is 48.6 Å². The summed E-state index contributed by atoms with van der Waals surface area (Å²) in [5, 5.41) is 5.72. The molecule has 0 aliphatic heterocycles. The van der Waals surface area contributed by atoms with Gasteiger partial charge in [0, 0.05) is 11.3 Å². The van der Waals surface area contributed by atoms with E-state index in [1.807, 2.05) is 18.2 Å². The molecule has 4 N–H and O–H groups in total. The number of primary amides is 1. The zero-order valence-electron chi connectivity index (χ0n) is 14.8. The lowest BCUT2D eigenvalue weighted by molar-refractivity contribution is 0.0912. The summed E-state index contributed by atoms with van der Waals surface area (Å²) in [4.78, 5) is 23.7. The third-order valence-electron chi connectivity index (χ3n) is 4.98. The fraction of sp³-hybridized carbons (Fsp3) is 0.333. The second kappa shape index (κ2) is 8.52. The molecule has 136 valence electrons. The SMILES string of the molecule is NC(=O)Nc1ccc(C(=O)NC(c2ccccc2)C2CCCCC2)cc1. The molecule has 0 heterocycles. The van der Waals surface area contributed by atoms with Crippen molar-refractivity contribution in [2.75, 3.05) is 5.32 Å². The van der Waals surface area contributed by atoms with E-state index in [9.17, 15) is 9.59 Å². The topological polar surface area (TPSA) is 84.2 Å². The molecule has 26 heavy (non-hydrogen) atoms. The van der Waals surface area contributed by atoms with Gasteiger partial charge < -0.3 is 16.4 Å². The minimum absolute atomic E-state index is 0.0208. The molecule has 0 radical (unpaired) electrons. The summed E-state index contributed by atoms with van der Waals surface area (Å²) in [6.45, 7) is 0. The fourth-order valence-electron chi connectivity index (χ4n) is 3.67. The summed E-state index contributed by atoms with van der Waals surface area (Å²) in [5.74, 6) is 0.362. The van der Waals surface area contributed by atoms with Gasteiger partial charge in [0.2, 0.25) is 0 Å². The summed E-state index contributed by atoms with van der Waals surface area (Å²) in [5.41, 5.74) is 7.40. The first-order valence-corrected chi connectivity index (χ1v) is 9.16. The van der Waals surface area contributed by atoms with Crippen LogP contribution in [0.3, 0.4) is 0 Å². The lowest BCUT2D eigenvalue weighted by atomic mass is 9.81. The Morgan fingerprint density at radius 1 is 0.923 bits per heavy atom. The van der Waals surface area contributed by atoms with Crippen molar-refractivity contribution in [2.24, 2.45) is 11.7 Å². The molecule has 0 bridgehead atoms. The number of hydrogen-bond donors (Lipinski definition) is 3. The van der Waals surface area contributed by atoms with E-state index in [-0.39, 0.29) is 11.9 Å². The number of urea groups is 1. The minimum atomic E-state index is -0.622. The molecule has 1 atom stereocenters. The Morgan fingerprint density at radius 3 is 2.19 bits per heavy atom. The Balaban J connectivity index is 1.75. The first-order valence-electron chi connectivity index (χ1n) is 9.16. The largest absolute Gasteiger partial charge is 0.351 e.